The maximum atomic E-state index is 13.3. The molecule has 0 saturated carbocycles. The lowest BCUT2D eigenvalue weighted by Crippen LogP contribution is -2.17. The SMILES string of the molecule is CCOC(CN)c1cccc(F)c1F. The molecule has 0 saturated heterocycles. The van der Waals surface area contributed by atoms with E-state index in [4.69, 9.17) is 10.5 Å². The predicted octanol–water partition coefficient (Wildman–Crippen LogP) is 2.00. The van der Waals surface area contributed by atoms with Crippen LogP contribution in [0.15, 0.2) is 18.2 Å². The molecule has 0 heterocycles. The van der Waals surface area contributed by atoms with Crippen LogP contribution in [0.1, 0.15) is 18.6 Å². The van der Waals surface area contributed by atoms with Gasteiger partial charge in [0.05, 0.1) is 6.10 Å². The van der Waals surface area contributed by atoms with Crippen LogP contribution < -0.4 is 5.73 Å². The molecule has 0 fully saturated rings. The highest BCUT2D eigenvalue weighted by Crippen LogP contribution is 2.21. The fourth-order valence-corrected chi connectivity index (χ4v) is 1.26. The topological polar surface area (TPSA) is 35.2 Å². The molecule has 78 valence electrons. The minimum atomic E-state index is -0.878. The molecule has 0 aliphatic heterocycles. The van der Waals surface area contributed by atoms with E-state index in [0.29, 0.717) is 6.61 Å². The molecule has 1 aromatic rings. The first-order chi connectivity index (χ1) is 6.70. The molecule has 0 amide bonds. The standard InChI is InChI=1S/C10H13F2NO/c1-2-14-9(6-13)7-4-3-5-8(11)10(7)12/h3-5,9H,2,6,13H2,1H3. The zero-order valence-electron chi connectivity index (χ0n) is 7.97. The Labute approximate surface area is 81.7 Å². The highest BCUT2D eigenvalue weighted by molar-refractivity contribution is 5.21. The fraction of sp³-hybridized carbons (Fsp3) is 0.400. The Morgan fingerprint density at radius 3 is 2.71 bits per heavy atom. The van der Waals surface area contributed by atoms with Crippen molar-refractivity contribution < 1.29 is 13.5 Å². The third-order valence-corrected chi connectivity index (χ3v) is 1.91. The Kier molecular flexibility index (Phi) is 3.98. The number of nitrogens with two attached hydrogens (primary N) is 1. The number of rotatable bonds is 4. The van der Waals surface area contributed by atoms with Crippen molar-refractivity contribution in [2.75, 3.05) is 13.2 Å². The van der Waals surface area contributed by atoms with Crippen LogP contribution in [0.5, 0.6) is 0 Å². The Bertz CT molecular complexity index is 304. The van der Waals surface area contributed by atoms with Crippen molar-refractivity contribution in [2.24, 2.45) is 5.73 Å². The molecule has 0 bridgehead atoms. The van der Waals surface area contributed by atoms with Crippen LogP contribution in [0.3, 0.4) is 0 Å². The average molecular weight is 201 g/mol. The summed E-state index contributed by atoms with van der Waals surface area (Å²) in [6.07, 6.45) is -0.573. The molecule has 0 spiro atoms. The second-order valence-corrected chi connectivity index (χ2v) is 2.82. The predicted molar refractivity (Wildman–Crippen MR) is 49.8 cm³/mol. The Morgan fingerprint density at radius 2 is 2.14 bits per heavy atom. The minimum Gasteiger partial charge on any atom is -0.372 e. The van der Waals surface area contributed by atoms with Crippen molar-refractivity contribution in [2.45, 2.75) is 13.0 Å². The van der Waals surface area contributed by atoms with Gasteiger partial charge in [-0.2, -0.15) is 0 Å². The molecule has 0 aliphatic carbocycles. The molecule has 0 aromatic heterocycles. The van der Waals surface area contributed by atoms with Gasteiger partial charge in [-0.05, 0) is 13.0 Å². The van der Waals surface area contributed by atoms with E-state index >= 15 is 0 Å². The molecule has 0 radical (unpaired) electrons. The second-order valence-electron chi connectivity index (χ2n) is 2.82. The van der Waals surface area contributed by atoms with Gasteiger partial charge in [-0.15, -0.1) is 0 Å². The van der Waals surface area contributed by atoms with E-state index in [1.165, 1.54) is 12.1 Å². The Hall–Kier alpha value is -1.00. The highest BCUT2D eigenvalue weighted by atomic mass is 19.2. The summed E-state index contributed by atoms with van der Waals surface area (Å²) in [6.45, 7) is 2.33. The molecule has 14 heavy (non-hydrogen) atoms. The summed E-state index contributed by atoms with van der Waals surface area (Å²) in [4.78, 5) is 0. The lowest BCUT2D eigenvalue weighted by atomic mass is 10.1. The van der Waals surface area contributed by atoms with Gasteiger partial charge in [-0.25, -0.2) is 8.78 Å². The molecule has 1 unspecified atom stereocenters. The van der Waals surface area contributed by atoms with Crippen LogP contribution in [-0.2, 0) is 4.74 Å². The zero-order chi connectivity index (χ0) is 10.6. The number of hydrogen-bond donors (Lipinski definition) is 1. The van der Waals surface area contributed by atoms with Crippen LogP contribution in [0.2, 0.25) is 0 Å². The van der Waals surface area contributed by atoms with E-state index in [1.807, 2.05) is 0 Å². The second kappa shape index (κ2) is 5.02. The fourth-order valence-electron chi connectivity index (χ4n) is 1.26. The van der Waals surface area contributed by atoms with E-state index in [1.54, 1.807) is 6.92 Å². The van der Waals surface area contributed by atoms with Gasteiger partial charge in [0, 0.05) is 18.7 Å². The number of hydrogen-bond acceptors (Lipinski definition) is 2. The molecule has 2 nitrogen and oxygen atoms in total. The first-order valence-corrected chi connectivity index (χ1v) is 4.46. The molecule has 1 rings (SSSR count). The monoisotopic (exact) mass is 201 g/mol. The van der Waals surface area contributed by atoms with Crippen LogP contribution in [-0.4, -0.2) is 13.2 Å². The summed E-state index contributed by atoms with van der Waals surface area (Å²) in [5.41, 5.74) is 5.57. The van der Waals surface area contributed by atoms with Crippen molar-refractivity contribution in [3.05, 3.63) is 35.4 Å². The minimum absolute atomic E-state index is 0.133. The van der Waals surface area contributed by atoms with E-state index in [2.05, 4.69) is 0 Å². The summed E-state index contributed by atoms with van der Waals surface area (Å²) >= 11 is 0. The van der Waals surface area contributed by atoms with Crippen molar-refractivity contribution >= 4 is 0 Å². The largest absolute Gasteiger partial charge is 0.372 e. The third-order valence-electron chi connectivity index (χ3n) is 1.91. The quantitative estimate of drug-likeness (QED) is 0.808. The van der Waals surface area contributed by atoms with E-state index < -0.39 is 17.7 Å². The van der Waals surface area contributed by atoms with Crippen molar-refractivity contribution in [3.63, 3.8) is 0 Å². The van der Waals surface area contributed by atoms with Crippen molar-refractivity contribution in [1.82, 2.24) is 0 Å². The van der Waals surface area contributed by atoms with Crippen LogP contribution >= 0.6 is 0 Å². The maximum Gasteiger partial charge on any atom is 0.164 e. The van der Waals surface area contributed by atoms with Crippen molar-refractivity contribution in [1.29, 1.82) is 0 Å². The summed E-state index contributed by atoms with van der Waals surface area (Å²) in [7, 11) is 0. The summed E-state index contributed by atoms with van der Waals surface area (Å²) < 4.78 is 31.3. The normalized spacial score (nSPS) is 12.9. The van der Waals surface area contributed by atoms with Crippen molar-refractivity contribution in [3.8, 4) is 0 Å². The van der Waals surface area contributed by atoms with Gasteiger partial charge in [0.25, 0.3) is 0 Å². The lowest BCUT2D eigenvalue weighted by molar-refractivity contribution is 0.0657. The molecule has 1 atom stereocenters. The van der Waals surface area contributed by atoms with Crippen LogP contribution in [0, 0.1) is 11.6 Å². The van der Waals surface area contributed by atoms with Gasteiger partial charge in [0.15, 0.2) is 11.6 Å². The number of benzene rings is 1. The van der Waals surface area contributed by atoms with Gasteiger partial charge in [-0.1, -0.05) is 12.1 Å². The van der Waals surface area contributed by atoms with Crippen LogP contribution in [0.25, 0.3) is 0 Å². The van der Waals surface area contributed by atoms with E-state index in [9.17, 15) is 8.78 Å². The first-order valence-electron chi connectivity index (χ1n) is 4.46. The summed E-state index contributed by atoms with van der Waals surface area (Å²) in [5, 5.41) is 0. The highest BCUT2D eigenvalue weighted by Gasteiger charge is 2.16. The number of halogens is 2. The summed E-state index contributed by atoms with van der Waals surface area (Å²) in [6, 6.07) is 3.99. The van der Waals surface area contributed by atoms with Crippen LogP contribution in [0.4, 0.5) is 8.78 Å². The molecule has 4 heteroatoms. The molecule has 2 N–H and O–H groups in total. The molecular weight excluding hydrogens is 188 g/mol. The van der Waals surface area contributed by atoms with Gasteiger partial charge in [0.2, 0.25) is 0 Å². The lowest BCUT2D eigenvalue weighted by Gasteiger charge is -2.15. The van der Waals surface area contributed by atoms with E-state index in [0.717, 1.165) is 6.07 Å². The van der Waals surface area contributed by atoms with Gasteiger partial charge >= 0.3 is 0 Å². The first kappa shape index (κ1) is 11.1. The molecule has 1 aromatic carbocycles. The summed E-state index contributed by atoms with van der Waals surface area (Å²) in [5.74, 6) is -1.75. The maximum absolute atomic E-state index is 13.3. The molecule has 0 aliphatic rings. The smallest absolute Gasteiger partial charge is 0.164 e. The molecular formula is C10H13F2NO. The number of ether oxygens (including phenoxy) is 1. The van der Waals surface area contributed by atoms with Gasteiger partial charge in [-0.3, -0.25) is 0 Å². The Morgan fingerprint density at radius 1 is 1.43 bits per heavy atom. The zero-order valence-corrected chi connectivity index (χ0v) is 7.97. The van der Waals surface area contributed by atoms with E-state index in [-0.39, 0.29) is 12.1 Å². The Balaban J connectivity index is 2.97. The van der Waals surface area contributed by atoms with Gasteiger partial charge < -0.3 is 10.5 Å². The third kappa shape index (κ3) is 2.27. The van der Waals surface area contributed by atoms with Gasteiger partial charge in [0.1, 0.15) is 0 Å². The average Bonchev–Trinajstić information content (AvgIpc) is 2.19.